The Bertz CT molecular complexity index is 2330. The molecular weight excluding hydrogens is 1270 g/mol. The minimum atomic E-state index is -0.570. The number of benzene rings is 4. The molecule has 0 aromatic heterocycles. The number of hydrogen-bond donors (Lipinski definition) is 6. The van der Waals surface area contributed by atoms with Crippen LogP contribution < -0.4 is 57.0 Å². The fourth-order valence-electron chi connectivity index (χ4n) is 4.26. The summed E-state index contributed by atoms with van der Waals surface area (Å²) in [5.41, 5.74) is 15.5. The van der Waals surface area contributed by atoms with E-state index in [2.05, 4.69) is 20.7 Å². The van der Waals surface area contributed by atoms with Crippen molar-refractivity contribution >= 4 is 53.0 Å². The van der Waals surface area contributed by atoms with Gasteiger partial charge in [0.25, 0.3) is 5.91 Å². The number of hydrazone groups is 1. The average molecular weight is 1330 g/mol. The number of anilines is 2. The van der Waals surface area contributed by atoms with Gasteiger partial charge in [-0.05, 0) is 101 Å². The molecule has 0 saturated heterocycles. The van der Waals surface area contributed by atoms with E-state index >= 15 is 0 Å². The van der Waals surface area contributed by atoms with Crippen LogP contribution in [0.3, 0.4) is 0 Å². The average Bonchev–Trinajstić information content (AvgIpc) is 3.28. The van der Waals surface area contributed by atoms with Crippen molar-refractivity contribution in [3.05, 3.63) is 143 Å². The summed E-state index contributed by atoms with van der Waals surface area (Å²) in [7, 11) is 2.82. The predicted molar refractivity (Wildman–Crippen MR) is 267 cm³/mol. The molecule has 4 aromatic rings. The van der Waals surface area contributed by atoms with E-state index in [0.717, 1.165) is 18.2 Å². The Labute approximate surface area is 493 Å². The molecule has 21 nitrogen and oxygen atoms in total. The number of methoxy groups -OCH3 is 2. The summed E-state index contributed by atoms with van der Waals surface area (Å²) in [6.45, 7) is 13.9. The van der Waals surface area contributed by atoms with Gasteiger partial charge in [0.15, 0.2) is 17.3 Å². The second-order valence-electron chi connectivity index (χ2n) is 13.3. The molecule has 1 amide bonds. The SMILES string of the molecule is CC(=O)/C=C(/C)[O-].CC(=O)/C=C(/C)[O-].CC(=O)/C=C(/C)[O-].CCO.CCO.CCO.COc1cccc(/C=N/N=C(\[O-])c2ccccc2N)c1[O-].COc1cccc(/C=N/NC(=O)c2ccccc2N)c1[O-].[Ho+3].[Ho+3]. The van der Waals surface area contributed by atoms with E-state index in [1.165, 1.54) is 68.2 Å². The molecule has 23 heteroatoms. The van der Waals surface area contributed by atoms with E-state index in [1.54, 1.807) is 106 Å². The molecule has 0 unspecified atom stereocenters. The predicted octanol–water partition coefficient (Wildman–Crippen LogP) is 1.12. The van der Waals surface area contributed by atoms with Gasteiger partial charge in [-0.1, -0.05) is 86.9 Å². The first-order valence-corrected chi connectivity index (χ1v) is 21.3. The van der Waals surface area contributed by atoms with Crippen LogP contribution in [0.4, 0.5) is 11.4 Å². The Morgan fingerprint density at radius 3 is 1.18 bits per heavy atom. The molecule has 0 aliphatic carbocycles. The summed E-state index contributed by atoms with van der Waals surface area (Å²) < 4.78 is 9.83. The fraction of sp³-hybridized carbons (Fsp3) is 0.275. The first-order chi connectivity index (χ1) is 33.9. The first kappa shape index (κ1) is 79.4. The number of aliphatic hydroxyl groups is 3. The Kier molecular flexibility index (Phi) is 54.2. The molecule has 0 aliphatic rings. The van der Waals surface area contributed by atoms with Crippen molar-refractivity contribution in [1.29, 1.82) is 0 Å². The number of nitrogen functional groups attached to an aromatic ring is 2. The molecule has 0 bridgehead atoms. The third kappa shape index (κ3) is 43.6. The van der Waals surface area contributed by atoms with Gasteiger partial charge in [-0.15, -0.1) is 17.3 Å². The number of carbonyl (C=O) groups is 4. The van der Waals surface area contributed by atoms with Gasteiger partial charge < -0.3 is 66.9 Å². The number of nitrogens with two attached hydrogens (primary N) is 2. The number of aliphatic hydroxyl groups excluding tert-OH is 3. The summed E-state index contributed by atoms with van der Waals surface area (Å²) >= 11 is 0. The zero-order valence-electron chi connectivity index (χ0n) is 42.9. The number of nitrogens with zero attached hydrogens (tertiary/aromatic N) is 3. The number of ether oxygens (including phenoxy) is 2. The van der Waals surface area contributed by atoms with E-state index in [0.29, 0.717) is 22.5 Å². The Hall–Kier alpha value is -6.01. The summed E-state index contributed by atoms with van der Waals surface area (Å²) in [5.74, 6) is -2.32. The van der Waals surface area contributed by atoms with Crippen molar-refractivity contribution in [1.82, 2.24) is 5.43 Å². The molecule has 0 fully saturated rings. The van der Waals surface area contributed by atoms with Crippen LogP contribution >= 0.6 is 0 Å². The number of rotatable bonds is 11. The molecule has 4 rings (SSSR count). The van der Waals surface area contributed by atoms with Gasteiger partial charge in [-0.3, -0.25) is 19.2 Å². The van der Waals surface area contributed by atoms with Crippen LogP contribution in [0.2, 0.25) is 0 Å². The Balaban J connectivity index is -0.000000201. The molecule has 0 atom stereocenters. The molecule has 8 N–H and O–H groups in total. The molecule has 412 valence electrons. The molecule has 74 heavy (non-hydrogen) atoms. The van der Waals surface area contributed by atoms with Crippen molar-refractivity contribution in [2.24, 2.45) is 15.3 Å². The Morgan fingerprint density at radius 1 is 0.554 bits per heavy atom. The fourth-order valence-corrected chi connectivity index (χ4v) is 4.26. The zero-order chi connectivity index (χ0) is 56.2. The third-order valence-electron chi connectivity index (χ3n) is 6.79. The van der Waals surface area contributed by atoms with Gasteiger partial charge in [0.2, 0.25) is 0 Å². The molecule has 0 radical (unpaired) electrons. The van der Waals surface area contributed by atoms with Gasteiger partial charge >= 0.3 is 75.5 Å². The molecule has 0 saturated carbocycles. The van der Waals surface area contributed by atoms with E-state index in [4.69, 9.17) is 36.3 Å². The second-order valence-corrected chi connectivity index (χ2v) is 13.3. The van der Waals surface area contributed by atoms with E-state index < -0.39 is 11.8 Å². The molecule has 4 aromatic carbocycles. The topological polar surface area (TPSA) is 387 Å². The largest absolute Gasteiger partial charge is 3.00 e. The number of nitrogens with one attached hydrogen (secondary N) is 1. The minimum Gasteiger partial charge on any atom is -0.876 e. The van der Waals surface area contributed by atoms with Crippen LogP contribution in [0, 0.1) is 75.5 Å². The summed E-state index contributed by atoms with van der Waals surface area (Å²) in [6.07, 6.45) is 5.64. The van der Waals surface area contributed by atoms with Crippen molar-refractivity contribution in [3.8, 4) is 23.0 Å². The van der Waals surface area contributed by atoms with Crippen LogP contribution in [0.1, 0.15) is 89.4 Å². The van der Waals surface area contributed by atoms with Crippen LogP contribution in [0.25, 0.3) is 0 Å². The summed E-state index contributed by atoms with van der Waals surface area (Å²) in [5, 5.41) is 99.0. The van der Waals surface area contributed by atoms with Gasteiger partial charge in [0.05, 0.1) is 32.2 Å². The molecular formula is C51H66Ho2N6O15. The number of hydrogen-bond acceptors (Lipinski definition) is 20. The minimum absolute atomic E-state index is 0. The number of carbonyl (C=O) groups excluding carboxylic acids is 4. The summed E-state index contributed by atoms with van der Waals surface area (Å²) in [6, 6.07) is 22.8. The molecule has 0 heterocycles. The van der Waals surface area contributed by atoms with Crippen molar-refractivity contribution in [2.75, 3.05) is 45.5 Å². The monoisotopic (exact) mass is 1330 g/mol. The van der Waals surface area contributed by atoms with Gasteiger partial charge in [0.1, 0.15) is 11.5 Å². The second kappa shape index (κ2) is 50.5. The zero-order valence-corrected chi connectivity index (χ0v) is 46.8. The van der Waals surface area contributed by atoms with Gasteiger partial charge in [0, 0.05) is 42.7 Å². The van der Waals surface area contributed by atoms with Crippen LogP contribution in [0.5, 0.6) is 23.0 Å². The number of allylic oxidation sites excluding steroid dienone is 6. The normalized spacial score (nSPS) is 10.3. The van der Waals surface area contributed by atoms with Gasteiger partial charge in [-0.2, -0.15) is 15.3 Å². The quantitative estimate of drug-likeness (QED) is 0.0233. The van der Waals surface area contributed by atoms with E-state index in [1.807, 2.05) is 0 Å². The van der Waals surface area contributed by atoms with Crippen molar-refractivity contribution < 1.29 is 150 Å². The number of para-hydroxylation sites is 4. The maximum absolute atomic E-state index is 11.9. The maximum Gasteiger partial charge on any atom is 3.00 e. The van der Waals surface area contributed by atoms with E-state index in [9.17, 15) is 49.8 Å². The van der Waals surface area contributed by atoms with Gasteiger partial charge in [-0.25, -0.2) is 5.43 Å². The number of amides is 1. The molecule has 0 spiro atoms. The Morgan fingerprint density at radius 2 is 0.878 bits per heavy atom. The number of ketones is 3. The summed E-state index contributed by atoms with van der Waals surface area (Å²) in [4.78, 5) is 41.8. The van der Waals surface area contributed by atoms with E-state index in [-0.39, 0.29) is 164 Å². The van der Waals surface area contributed by atoms with Crippen molar-refractivity contribution in [3.63, 3.8) is 0 Å². The maximum atomic E-state index is 11.9. The van der Waals surface area contributed by atoms with Crippen molar-refractivity contribution in [2.45, 2.75) is 62.3 Å². The smallest absolute Gasteiger partial charge is 0.876 e. The van der Waals surface area contributed by atoms with Crippen LogP contribution in [-0.4, -0.2) is 90.9 Å². The molecule has 0 aliphatic heterocycles. The standard InChI is InChI=1S/2C15H15N3O3.3C5H8O2.3C2H6O.2Ho/c2*1-21-13-8-4-5-10(14(13)19)9-17-18-15(20)11-6-2-3-7-12(11)16;3*1-4(6)3-5(2)7;3*1-2-3;;/h2*2-9,19H,16H2,1H3,(H,18,20);3*3,6H,1-2H3;3*3H,2H2,1H3;;/q;;;;;;;;2*+3/p-6/b2*17-9+;3*4-3-;;;;;. The van der Waals surface area contributed by atoms with Crippen LogP contribution in [-0.2, 0) is 14.4 Å². The van der Waals surface area contributed by atoms with Crippen LogP contribution in [0.15, 0.2) is 136 Å². The third-order valence-corrected chi connectivity index (χ3v) is 6.79. The first-order valence-electron chi connectivity index (χ1n) is 21.3.